The summed E-state index contributed by atoms with van der Waals surface area (Å²) in [6.07, 6.45) is 4.86. The predicted octanol–water partition coefficient (Wildman–Crippen LogP) is 1.66. The molecule has 1 amide bonds. The smallest absolute Gasteiger partial charge is 0.261 e. The first-order valence-electron chi connectivity index (χ1n) is 7.43. The maximum atomic E-state index is 12.3. The Labute approximate surface area is 124 Å². The summed E-state index contributed by atoms with van der Waals surface area (Å²) >= 11 is 0. The highest BCUT2D eigenvalue weighted by molar-refractivity contribution is 5.83. The van der Waals surface area contributed by atoms with Gasteiger partial charge in [0.2, 0.25) is 0 Å². The lowest BCUT2D eigenvalue weighted by Gasteiger charge is -2.16. The summed E-state index contributed by atoms with van der Waals surface area (Å²) in [6.45, 7) is 4.25. The van der Waals surface area contributed by atoms with E-state index in [1.54, 1.807) is 0 Å². The molecule has 2 aliphatic rings. The van der Waals surface area contributed by atoms with Crippen molar-refractivity contribution in [3.05, 3.63) is 41.0 Å². The maximum Gasteiger partial charge on any atom is 0.261 e. The fraction of sp³-hybridized carbons (Fsp3) is 0.471. The number of nitrogens with one attached hydrogen (secondary N) is 1. The van der Waals surface area contributed by atoms with Gasteiger partial charge in [0, 0.05) is 25.0 Å². The van der Waals surface area contributed by atoms with Crippen molar-refractivity contribution in [1.82, 2.24) is 5.32 Å². The summed E-state index contributed by atoms with van der Waals surface area (Å²) in [6, 6.07) is 4.12. The van der Waals surface area contributed by atoms with Crippen LogP contribution >= 0.6 is 0 Å². The fourth-order valence-corrected chi connectivity index (χ4v) is 2.95. The van der Waals surface area contributed by atoms with Gasteiger partial charge in [0.15, 0.2) is 6.10 Å². The maximum absolute atomic E-state index is 12.3. The third-order valence-corrected chi connectivity index (χ3v) is 4.38. The summed E-state index contributed by atoms with van der Waals surface area (Å²) < 4.78 is 5.78. The van der Waals surface area contributed by atoms with Gasteiger partial charge in [-0.15, -0.1) is 0 Å². The topological polar surface area (TPSA) is 58.6 Å². The Morgan fingerprint density at radius 1 is 1.33 bits per heavy atom. The molecule has 21 heavy (non-hydrogen) atoms. The molecule has 1 heterocycles. The minimum absolute atomic E-state index is 0.00503. The van der Waals surface area contributed by atoms with Crippen molar-refractivity contribution >= 4 is 5.91 Å². The minimum Gasteiger partial charge on any atom is -0.480 e. The highest BCUT2D eigenvalue weighted by Crippen LogP contribution is 2.31. The van der Waals surface area contributed by atoms with E-state index < -0.39 is 6.10 Å². The van der Waals surface area contributed by atoms with Crippen LogP contribution in [0.4, 0.5) is 0 Å². The summed E-state index contributed by atoms with van der Waals surface area (Å²) in [5.41, 5.74) is 3.51. The number of hydrogen-bond donors (Lipinski definition) is 2. The Morgan fingerprint density at radius 3 is 2.81 bits per heavy atom. The third kappa shape index (κ3) is 2.81. The number of rotatable bonds is 3. The Bertz CT molecular complexity index is 563. The number of hydrogen-bond acceptors (Lipinski definition) is 3. The van der Waals surface area contributed by atoms with E-state index in [2.05, 4.69) is 18.3 Å². The van der Waals surface area contributed by atoms with Crippen molar-refractivity contribution in [3.8, 4) is 5.75 Å². The lowest BCUT2D eigenvalue weighted by atomic mass is 10.0. The average Bonchev–Trinajstić information content (AvgIpc) is 3.06. The zero-order valence-corrected chi connectivity index (χ0v) is 12.4. The zero-order valence-electron chi connectivity index (χ0n) is 12.4. The van der Waals surface area contributed by atoms with Crippen molar-refractivity contribution in [1.29, 1.82) is 0 Å². The van der Waals surface area contributed by atoms with E-state index in [-0.39, 0.29) is 24.5 Å². The van der Waals surface area contributed by atoms with Crippen LogP contribution in [-0.2, 0) is 11.2 Å². The monoisotopic (exact) mass is 287 g/mol. The number of aryl methyl sites for hydroxylation is 2. The molecule has 2 N–H and O–H groups in total. The van der Waals surface area contributed by atoms with Crippen molar-refractivity contribution in [2.45, 2.75) is 38.8 Å². The quantitative estimate of drug-likeness (QED) is 0.831. The number of aliphatic hydroxyl groups is 1. The minimum atomic E-state index is -0.442. The van der Waals surface area contributed by atoms with Gasteiger partial charge in [-0.1, -0.05) is 18.2 Å². The summed E-state index contributed by atoms with van der Waals surface area (Å²) in [5.74, 6) is 0.908. The molecule has 0 spiro atoms. The van der Waals surface area contributed by atoms with Crippen LogP contribution < -0.4 is 10.1 Å². The first-order valence-corrected chi connectivity index (χ1v) is 7.43. The summed E-state index contributed by atoms with van der Waals surface area (Å²) in [4.78, 5) is 12.3. The van der Waals surface area contributed by atoms with Crippen LogP contribution in [-0.4, -0.2) is 29.8 Å². The molecular weight excluding hydrogens is 266 g/mol. The molecule has 3 atom stereocenters. The molecule has 0 radical (unpaired) electrons. The van der Waals surface area contributed by atoms with Crippen molar-refractivity contribution in [2.24, 2.45) is 5.92 Å². The van der Waals surface area contributed by atoms with E-state index >= 15 is 0 Å². The normalized spacial score (nSPS) is 26.5. The van der Waals surface area contributed by atoms with Crippen LogP contribution in [0.3, 0.4) is 0 Å². The van der Waals surface area contributed by atoms with Crippen LogP contribution in [0.2, 0.25) is 0 Å². The van der Waals surface area contributed by atoms with Gasteiger partial charge in [0.05, 0.1) is 0 Å². The molecule has 4 heteroatoms. The number of ether oxygens (including phenoxy) is 1. The second-order valence-electron chi connectivity index (χ2n) is 6.03. The van der Waals surface area contributed by atoms with Gasteiger partial charge < -0.3 is 15.2 Å². The lowest BCUT2D eigenvalue weighted by molar-refractivity contribution is -0.127. The van der Waals surface area contributed by atoms with E-state index in [0.717, 1.165) is 17.7 Å². The van der Waals surface area contributed by atoms with Gasteiger partial charge in [-0.2, -0.15) is 0 Å². The van der Waals surface area contributed by atoms with E-state index in [0.29, 0.717) is 6.42 Å². The Balaban J connectivity index is 1.62. The molecular formula is C17H21NO3. The van der Waals surface area contributed by atoms with E-state index in [9.17, 15) is 4.79 Å². The molecule has 0 saturated heterocycles. The van der Waals surface area contributed by atoms with Gasteiger partial charge in [-0.25, -0.2) is 0 Å². The van der Waals surface area contributed by atoms with Gasteiger partial charge in [0.25, 0.3) is 5.91 Å². The molecule has 1 unspecified atom stereocenters. The third-order valence-electron chi connectivity index (χ3n) is 4.38. The first kappa shape index (κ1) is 14.1. The average molecular weight is 287 g/mol. The van der Waals surface area contributed by atoms with Gasteiger partial charge >= 0.3 is 0 Å². The molecule has 0 bridgehead atoms. The van der Waals surface area contributed by atoms with Crippen LogP contribution in [0.25, 0.3) is 0 Å². The standard InChI is InChI=1S/C17H21NO3/c1-10-5-13-8-16(21-15(13)6-11(10)2)17(20)18-14-4-3-12(7-14)9-19/h3-6,12,14,16,19H,7-9H2,1-2H3,(H,18,20)/t12-,14+,16?/m0/s1. The van der Waals surface area contributed by atoms with Crippen LogP contribution in [0.15, 0.2) is 24.3 Å². The van der Waals surface area contributed by atoms with Crippen LogP contribution in [0.5, 0.6) is 5.75 Å². The van der Waals surface area contributed by atoms with Crippen LogP contribution in [0, 0.1) is 19.8 Å². The van der Waals surface area contributed by atoms with E-state index in [4.69, 9.17) is 9.84 Å². The number of amides is 1. The summed E-state index contributed by atoms with van der Waals surface area (Å²) in [7, 11) is 0. The largest absolute Gasteiger partial charge is 0.480 e. The first-order chi connectivity index (χ1) is 10.1. The molecule has 4 nitrogen and oxygen atoms in total. The molecule has 1 aliphatic heterocycles. The Kier molecular flexibility index (Phi) is 3.72. The van der Waals surface area contributed by atoms with Crippen LogP contribution in [0.1, 0.15) is 23.1 Å². The SMILES string of the molecule is Cc1cc2c(cc1C)OC(C(=O)N[C@@H]1C=C[C@H](CO)C1)C2. The molecule has 1 aromatic carbocycles. The fourth-order valence-electron chi connectivity index (χ4n) is 2.95. The van der Waals surface area contributed by atoms with Crippen molar-refractivity contribution in [3.63, 3.8) is 0 Å². The zero-order chi connectivity index (χ0) is 15.0. The van der Waals surface area contributed by atoms with Crippen molar-refractivity contribution in [2.75, 3.05) is 6.61 Å². The second-order valence-corrected chi connectivity index (χ2v) is 6.03. The number of carbonyl (C=O) groups excluding carboxylic acids is 1. The molecule has 1 aliphatic carbocycles. The molecule has 0 aromatic heterocycles. The number of fused-ring (bicyclic) bond motifs is 1. The highest BCUT2D eigenvalue weighted by Gasteiger charge is 2.31. The van der Waals surface area contributed by atoms with Gasteiger partial charge in [-0.3, -0.25) is 4.79 Å². The van der Waals surface area contributed by atoms with Crippen molar-refractivity contribution < 1.29 is 14.6 Å². The van der Waals surface area contributed by atoms with Gasteiger partial charge in [-0.05, 0) is 43.0 Å². The van der Waals surface area contributed by atoms with Gasteiger partial charge in [0.1, 0.15) is 5.75 Å². The highest BCUT2D eigenvalue weighted by atomic mass is 16.5. The number of benzene rings is 1. The van der Waals surface area contributed by atoms with E-state index in [1.807, 2.05) is 25.1 Å². The molecule has 0 saturated carbocycles. The number of aliphatic hydroxyl groups excluding tert-OH is 1. The molecule has 3 rings (SSSR count). The summed E-state index contributed by atoms with van der Waals surface area (Å²) in [5, 5.41) is 12.1. The Hall–Kier alpha value is -1.81. The second kappa shape index (κ2) is 5.53. The number of carbonyl (C=O) groups is 1. The molecule has 0 fully saturated rings. The molecule has 1 aromatic rings. The predicted molar refractivity (Wildman–Crippen MR) is 80.3 cm³/mol. The molecule has 112 valence electrons. The lowest BCUT2D eigenvalue weighted by Crippen LogP contribution is -2.42. The Morgan fingerprint density at radius 2 is 2.10 bits per heavy atom. The van der Waals surface area contributed by atoms with E-state index in [1.165, 1.54) is 11.1 Å².